The third-order valence-corrected chi connectivity index (χ3v) is 4.14. The predicted octanol–water partition coefficient (Wildman–Crippen LogP) is 0.571. The zero-order chi connectivity index (χ0) is 14.0. The first kappa shape index (κ1) is 14.4. The maximum atomic E-state index is 11.9. The van der Waals surface area contributed by atoms with Crippen molar-refractivity contribution in [3.63, 3.8) is 0 Å². The molecule has 1 aliphatic carbocycles. The summed E-state index contributed by atoms with van der Waals surface area (Å²) < 4.78 is 0. The van der Waals surface area contributed by atoms with Gasteiger partial charge in [-0.2, -0.15) is 0 Å². The summed E-state index contributed by atoms with van der Waals surface area (Å²) in [5.74, 6) is -0.427. The smallest absolute Gasteiger partial charge is 0.234 e. The highest BCUT2D eigenvalue weighted by Gasteiger charge is 2.54. The lowest BCUT2D eigenvalue weighted by Crippen LogP contribution is -2.38. The van der Waals surface area contributed by atoms with Crippen molar-refractivity contribution < 1.29 is 19.8 Å². The van der Waals surface area contributed by atoms with Crippen molar-refractivity contribution >= 4 is 27.6 Å². The molecule has 5 nitrogen and oxygen atoms in total. The standard InChI is InChI=1S/C13H16BrNO4/c14-2-1-9-5-15(12(19)3-11(9)18)7-13(8-17)4-10(13)6-16/h1-2,5,10,16-17H,3-4,6-8H2/b2-1+/t10-,13-/m0/s1. The van der Waals surface area contributed by atoms with Crippen LogP contribution in [-0.4, -0.2) is 46.6 Å². The monoisotopic (exact) mass is 329 g/mol. The lowest BCUT2D eigenvalue weighted by molar-refractivity contribution is -0.134. The van der Waals surface area contributed by atoms with Gasteiger partial charge in [-0.15, -0.1) is 0 Å². The fourth-order valence-corrected chi connectivity index (χ4v) is 2.74. The molecule has 1 aliphatic heterocycles. The molecule has 0 spiro atoms. The fourth-order valence-electron chi connectivity index (χ4n) is 2.46. The van der Waals surface area contributed by atoms with Crippen LogP contribution in [0.5, 0.6) is 0 Å². The van der Waals surface area contributed by atoms with E-state index in [1.165, 1.54) is 11.1 Å². The second-order valence-corrected chi connectivity index (χ2v) is 5.63. The SMILES string of the molecule is O=C1CC(=O)N(C[C@]2(CO)C[C@H]2CO)C=C1/C=C/Br. The Morgan fingerprint density at radius 1 is 1.47 bits per heavy atom. The Labute approximate surface area is 119 Å². The quantitative estimate of drug-likeness (QED) is 0.723. The Balaban J connectivity index is 2.15. The van der Waals surface area contributed by atoms with E-state index in [0.29, 0.717) is 18.5 Å². The minimum Gasteiger partial charge on any atom is -0.396 e. The topological polar surface area (TPSA) is 77.8 Å². The minimum absolute atomic E-state index is 0.0133. The number of Topliss-reactive ketones (excluding diaryl/α,β-unsaturated/α-hetero) is 1. The number of halogens is 1. The lowest BCUT2D eigenvalue weighted by atomic mass is 10.0. The fraction of sp³-hybridized carbons (Fsp3) is 0.538. The van der Waals surface area contributed by atoms with Crippen molar-refractivity contribution in [2.45, 2.75) is 12.8 Å². The number of carbonyl (C=O) groups excluding carboxylic acids is 2. The molecular weight excluding hydrogens is 314 g/mol. The first-order valence-corrected chi connectivity index (χ1v) is 7.01. The molecule has 6 heteroatoms. The molecule has 1 saturated carbocycles. The second kappa shape index (κ2) is 5.56. The molecule has 0 saturated heterocycles. The van der Waals surface area contributed by atoms with E-state index < -0.39 is 5.41 Å². The minimum atomic E-state index is -0.412. The molecule has 1 fully saturated rings. The van der Waals surface area contributed by atoms with E-state index in [0.717, 1.165) is 0 Å². The molecule has 2 N–H and O–H groups in total. The Morgan fingerprint density at radius 2 is 2.21 bits per heavy atom. The van der Waals surface area contributed by atoms with E-state index in [4.69, 9.17) is 5.11 Å². The molecule has 19 heavy (non-hydrogen) atoms. The van der Waals surface area contributed by atoms with Crippen LogP contribution >= 0.6 is 15.9 Å². The Kier molecular flexibility index (Phi) is 4.23. The molecule has 1 heterocycles. The number of aliphatic hydroxyl groups is 2. The zero-order valence-electron chi connectivity index (χ0n) is 10.4. The summed E-state index contributed by atoms with van der Waals surface area (Å²) in [6.07, 6.45) is 3.68. The number of ketones is 1. The number of nitrogens with zero attached hydrogens (tertiary/aromatic N) is 1. The molecule has 0 aromatic rings. The average molecular weight is 330 g/mol. The van der Waals surface area contributed by atoms with Crippen molar-refractivity contribution in [3.05, 3.63) is 22.8 Å². The highest BCUT2D eigenvalue weighted by Crippen LogP contribution is 2.52. The molecule has 0 bridgehead atoms. The summed E-state index contributed by atoms with van der Waals surface area (Å²) >= 11 is 3.11. The van der Waals surface area contributed by atoms with E-state index in [-0.39, 0.29) is 37.2 Å². The number of aliphatic hydroxyl groups excluding tert-OH is 2. The maximum Gasteiger partial charge on any atom is 0.234 e. The van der Waals surface area contributed by atoms with Crippen LogP contribution in [-0.2, 0) is 9.59 Å². The number of hydrogen-bond donors (Lipinski definition) is 2. The molecule has 0 radical (unpaired) electrons. The van der Waals surface area contributed by atoms with Gasteiger partial charge in [0.25, 0.3) is 0 Å². The third-order valence-electron chi connectivity index (χ3n) is 3.87. The van der Waals surface area contributed by atoms with Gasteiger partial charge in [-0.05, 0) is 23.4 Å². The summed E-state index contributed by atoms with van der Waals surface area (Å²) in [4.78, 5) is 26.5. The number of carbonyl (C=O) groups is 2. The number of allylic oxidation sites excluding steroid dienone is 2. The van der Waals surface area contributed by atoms with Gasteiger partial charge < -0.3 is 15.1 Å². The van der Waals surface area contributed by atoms with Crippen LogP contribution in [0.1, 0.15) is 12.8 Å². The van der Waals surface area contributed by atoms with Crippen LogP contribution in [0.4, 0.5) is 0 Å². The van der Waals surface area contributed by atoms with Gasteiger partial charge in [-0.25, -0.2) is 0 Å². The van der Waals surface area contributed by atoms with Crippen molar-refractivity contribution in [2.75, 3.05) is 19.8 Å². The van der Waals surface area contributed by atoms with Crippen molar-refractivity contribution in [1.82, 2.24) is 4.90 Å². The van der Waals surface area contributed by atoms with Gasteiger partial charge in [0.05, 0.1) is 13.0 Å². The third kappa shape index (κ3) is 2.80. The molecule has 1 amide bonds. The maximum absolute atomic E-state index is 11.9. The van der Waals surface area contributed by atoms with Crippen molar-refractivity contribution in [3.8, 4) is 0 Å². The number of amides is 1. The average Bonchev–Trinajstić information content (AvgIpc) is 3.09. The summed E-state index contributed by atoms with van der Waals surface area (Å²) in [5, 5.41) is 18.6. The van der Waals surface area contributed by atoms with Gasteiger partial charge in [0.1, 0.15) is 0 Å². The molecule has 104 valence electrons. The zero-order valence-corrected chi connectivity index (χ0v) is 12.0. The van der Waals surface area contributed by atoms with E-state index in [1.54, 1.807) is 11.1 Å². The predicted molar refractivity (Wildman–Crippen MR) is 72.2 cm³/mol. The van der Waals surface area contributed by atoms with Gasteiger partial charge >= 0.3 is 0 Å². The summed E-state index contributed by atoms with van der Waals surface area (Å²) in [6.45, 7) is 0.299. The van der Waals surface area contributed by atoms with Crippen LogP contribution in [0.25, 0.3) is 0 Å². The van der Waals surface area contributed by atoms with E-state index in [1.807, 2.05) is 0 Å². The van der Waals surface area contributed by atoms with Gasteiger partial charge in [0.15, 0.2) is 5.78 Å². The van der Waals surface area contributed by atoms with E-state index >= 15 is 0 Å². The first-order chi connectivity index (χ1) is 9.06. The van der Waals surface area contributed by atoms with Crippen LogP contribution in [0.2, 0.25) is 0 Å². The first-order valence-electron chi connectivity index (χ1n) is 6.09. The Morgan fingerprint density at radius 3 is 2.74 bits per heavy atom. The van der Waals surface area contributed by atoms with E-state index in [2.05, 4.69) is 15.9 Å². The van der Waals surface area contributed by atoms with Gasteiger partial charge in [0.2, 0.25) is 5.91 Å². The van der Waals surface area contributed by atoms with Crippen LogP contribution in [0.3, 0.4) is 0 Å². The van der Waals surface area contributed by atoms with Crippen LogP contribution in [0, 0.1) is 11.3 Å². The normalized spacial score (nSPS) is 31.0. The lowest BCUT2D eigenvalue weighted by Gasteiger charge is -2.27. The van der Waals surface area contributed by atoms with Gasteiger partial charge in [0, 0.05) is 30.3 Å². The second-order valence-electron chi connectivity index (χ2n) is 5.10. The van der Waals surface area contributed by atoms with Gasteiger partial charge in [-0.3, -0.25) is 9.59 Å². The Bertz CT molecular complexity index is 460. The highest BCUT2D eigenvalue weighted by molar-refractivity contribution is 9.11. The van der Waals surface area contributed by atoms with Gasteiger partial charge in [-0.1, -0.05) is 15.9 Å². The molecule has 0 aromatic heterocycles. The Hall–Kier alpha value is -0.980. The summed E-state index contributed by atoms with van der Waals surface area (Å²) in [6, 6.07) is 0. The molecule has 0 unspecified atom stereocenters. The molecule has 0 aromatic carbocycles. The highest BCUT2D eigenvalue weighted by atomic mass is 79.9. The summed E-state index contributed by atoms with van der Waals surface area (Å²) in [5.41, 5.74) is 0.0515. The van der Waals surface area contributed by atoms with Crippen molar-refractivity contribution in [1.29, 1.82) is 0 Å². The summed E-state index contributed by atoms with van der Waals surface area (Å²) in [7, 11) is 0. The number of rotatable bonds is 5. The molecule has 2 rings (SSSR count). The molecular formula is C13H16BrNO4. The number of hydrogen-bond acceptors (Lipinski definition) is 4. The van der Waals surface area contributed by atoms with Crippen LogP contribution < -0.4 is 0 Å². The molecule has 2 atom stereocenters. The van der Waals surface area contributed by atoms with Crippen LogP contribution in [0.15, 0.2) is 22.8 Å². The van der Waals surface area contributed by atoms with Crippen molar-refractivity contribution in [2.24, 2.45) is 11.3 Å². The molecule has 2 aliphatic rings. The largest absolute Gasteiger partial charge is 0.396 e. The van der Waals surface area contributed by atoms with E-state index in [9.17, 15) is 14.7 Å².